The molecule has 2 unspecified atom stereocenters. The van der Waals surface area contributed by atoms with Crippen molar-refractivity contribution in [2.45, 2.75) is 58.9 Å². The van der Waals surface area contributed by atoms with Gasteiger partial charge in [0.25, 0.3) is 0 Å². The monoisotopic (exact) mass is 315 g/mol. The summed E-state index contributed by atoms with van der Waals surface area (Å²) in [4.78, 5) is 0. The van der Waals surface area contributed by atoms with Crippen molar-refractivity contribution in [3.05, 3.63) is 33.8 Å². The molecule has 0 spiro atoms. The van der Waals surface area contributed by atoms with Crippen molar-refractivity contribution in [3.8, 4) is 0 Å². The molecule has 1 rings (SSSR count). The van der Waals surface area contributed by atoms with E-state index >= 15 is 0 Å². The van der Waals surface area contributed by atoms with Crippen LogP contribution < -0.4 is 5.32 Å². The standard InChI is InChI=1S/C17H27Cl2N/c1-4-7-8-13(5-2)17(20-6-3)12-14-11-15(18)9-10-16(14)19/h9-11,13,17,20H,4-8,12H2,1-3H3. The van der Waals surface area contributed by atoms with Gasteiger partial charge >= 0.3 is 0 Å². The van der Waals surface area contributed by atoms with Crippen LogP contribution in [0.15, 0.2) is 18.2 Å². The number of likely N-dealkylation sites (N-methyl/N-ethyl adjacent to an activating group) is 1. The molecule has 0 saturated heterocycles. The van der Waals surface area contributed by atoms with E-state index in [2.05, 4.69) is 26.1 Å². The molecule has 0 radical (unpaired) electrons. The molecule has 0 fully saturated rings. The van der Waals surface area contributed by atoms with E-state index in [-0.39, 0.29) is 0 Å². The Bertz CT molecular complexity index is 393. The number of nitrogens with one attached hydrogen (secondary N) is 1. The van der Waals surface area contributed by atoms with Crippen LogP contribution in [0.2, 0.25) is 10.0 Å². The van der Waals surface area contributed by atoms with Crippen LogP contribution in [0, 0.1) is 5.92 Å². The lowest BCUT2D eigenvalue weighted by atomic mass is 9.87. The van der Waals surface area contributed by atoms with Gasteiger partial charge in [0.15, 0.2) is 0 Å². The molecule has 1 nitrogen and oxygen atoms in total. The first-order chi connectivity index (χ1) is 9.62. The fourth-order valence-electron chi connectivity index (χ4n) is 2.76. The lowest BCUT2D eigenvalue weighted by Crippen LogP contribution is -2.38. The normalized spacial score (nSPS) is 14.2. The molecule has 2 atom stereocenters. The highest BCUT2D eigenvalue weighted by molar-refractivity contribution is 6.33. The number of unbranched alkanes of at least 4 members (excludes halogenated alkanes) is 1. The Kier molecular flexibility index (Phi) is 8.60. The molecule has 0 aromatic heterocycles. The number of benzene rings is 1. The number of hydrogen-bond acceptors (Lipinski definition) is 1. The zero-order valence-corrected chi connectivity index (χ0v) is 14.4. The third-order valence-corrected chi connectivity index (χ3v) is 4.54. The first kappa shape index (κ1) is 17.8. The van der Waals surface area contributed by atoms with Crippen LogP contribution in [-0.4, -0.2) is 12.6 Å². The summed E-state index contributed by atoms with van der Waals surface area (Å²) in [6, 6.07) is 6.23. The second-order valence-corrected chi connectivity index (χ2v) is 6.26. The molecule has 0 aliphatic rings. The van der Waals surface area contributed by atoms with Gasteiger partial charge in [0.1, 0.15) is 0 Å². The van der Waals surface area contributed by atoms with Crippen molar-refractivity contribution >= 4 is 23.2 Å². The smallest absolute Gasteiger partial charge is 0.0439 e. The molecule has 0 bridgehead atoms. The third-order valence-electron chi connectivity index (χ3n) is 3.94. The maximum absolute atomic E-state index is 6.31. The molecule has 0 aliphatic carbocycles. The van der Waals surface area contributed by atoms with E-state index in [1.165, 1.54) is 25.7 Å². The summed E-state index contributed by atoms with van der Waals surface area (Å²) in [5.41, 5.74) is 1.15. The summed E-state index contributed by atoms with van der Waals surface area (Å²) in [7, 11) is 0. The van der Waals surface area contributed by atoms with E-state index in [1.807, 2.05) is 18.2 Å². The van der Waals surface area contributed by atoms with Crippen LogP contribution >= 0.6 is 23.2 Å². The highest BCUT2D eigenvalue weighted by Gasteiger charge is 2.20. The molecule has 114 valence electrons. The van der Waals surface area contributed by atoms with Crippen LogP contribution in [0.4, 0.5) is 0 Å². The summed E-state index contributed by atoms with van der Waals surface area (Å²) in [5, 5.41) is 5.22. The Morgan fingerprint density at radius 1 is 1.15 bits per heavy atom. The highest BCUT2D eigenvalue weighted by atomic mass is 35.5. The number of rotatable bonds is 9. The SMILES string of the molecule is CCCCC(CC)C(Cc1cc(Cl)ccc1Cl)NCC. The first-order valence-electron chi connectivity index (χ1n) is 7.79. The maximum Gasteiger partial charge on any atom is 0.0439 e. The summed E-state index contributed by atoms with van der Waals surface area (Å²) in [6.07, 6.45) is 5.99. The Morgan fingerprint density at radius 3 is 2.50 bits per heavy atom. The average molecular weight is 316 g/mol. The predicted molar refractivity (Wildman–Crippen MR) is 90.9 cm³/mol. The Balaban J connectivity index is 2.81. The van der Waals surface area contributed by atoms with Gasteiger partial charge in [-0.15, -0.1) is 0 Å². The largest absolute Gasteiger partial charge is 0.314 e. The van der Waals surface area contributed by atoms with Gasteiger partial charge in [-0.1, -0.05) is 63.2 Å². The topological polar surface area (TPSA) is 12.0 Å². The van der Waals surface area contributed by atoms with Gasteiger partial charge in [0.05, 0.1) is 0 Å². The van der Waals surface area contributed by atoms with Crippen molar-refractivity contribution in [1.82, 2.24) is 5.32 Å². The Labute approximate surface area is 134 Å². The van der Waals surface area contributed by atoms with Crippen molar-refractivity contribution in [1.29, 1.82) is 0 Å². The molecule has 0 amide bonds. The van der Waals surface area contributed by atoms with Crippen LogP contribution in [0.5, 0.6) is 0 Å². The fourth-order valence-corrected chi connectivity index (χ4v) is 3.15. The molecule has 0 saturated carbocycles. The molecule has 1 aromatic rings. The summed E-state index contributed by atoms with van der Waals surface area (Å²) in [6.45, 7) is 7.69. The van der Waals surface area contributed by atoms with Crippen molar-refractivity contribution in [2.24, 2.45) is 5.92 Å². The molecule has 0 aliphatic heterocycles. The number of halogens is 2. The van der Waals surface area contributed by atoms with Gasteiger partial charge in [-0.2, -0.15) is 0 Å². The summed E-state index contributed by atoms with van der Waals surface area (Å²) >= 11 is 12.4. The summed E-state index contributed by atoms with van der Waals surface area (Å²) < 4.78 is 0. The van der Waals surface area contributed by atoms with E-state index in [0.717, 1.165) is 28.6 Å². The van der Waals surface area contributed by atoms with Gasteiger partial charge in [0.2, 0.25) is 0 Å². The minimum Gasteiger partial charge on any atom is -0.314 e. The minimum atomic E-state index is 0.479. The van der Waals surface area contributed by atoms with Crippen molar-refractivity contribution in [3.63, 3.8) is 0 Å². The molecule has 20 heavy (non-hydrogen) atoms. The maximum atomic E-state index is 6.31. The molecule has 1 aromatic carbocycles. The molecule has 0 heterocycles. The lowest BCUT2D eigenvalue weighted by molar-refractivity contribution is 0.319. The zero-order chi connectivity index (χ0) is 15.0. The number of hydrogen-bond donors (Lipinski definition) is 1. The van der Waals surface area contributed by atoms with E-state index in [0.29, 0.717) is 12.0 Å². The zero-order valence-electron chi connectivity index (χ0n) is 12.9. The summed E-state index contributed by atoms with van der Waals surface area (Å²) in [5.74, 6) is 0.699. The van der Waals surface area contributed by atoms with E-state index < -0.39 is 0 Å². The lowest BCUT2D eigenvalue weighted by Gasteiger charge is -2.27. The van der Waals surface area contributed by atoms with E-state index in [4.69, 9.17) is 23.2 Å². The van der Waals surface area contributed by atoms with E-state index in [1.54, 1.807) is 0 Å². The Morgan fingerprint density at radius 2 is 1.90 bits per heavy atom. The van der Waals surface area contributed by atoms with Crippen molar-refractivity contribution < 1.29 is 0 Å². The van der Waals surface area contributed by atoms with Gasteiger partial charge in [0, 0.05) is 16.1 Å². The molecular formula is C17H27Cl2N. The van der Waals surface area contributed by atoms with Gasteiger partial charge in [-0.05, 0) is 49.1 Å². The second-order valence-electron chi connectivity index (χ2n) is 5.41. The minimum absolute atomic E-state index is 0.479. The van der Waals surface area contributed by atoms with Crippen LogP contribution in [0.25, 0.3) is 0 Å². The third kappa shape index (κ3) is 5.63. The fraction of sp³-hybridized carbons (Fsp3) is 0.647. The highest BCUT2D eigenvalue weighted by Crippen LogP contribution is 2.26. The quantitative estimate of drug-likeness (QED) is 0.613. The van der Waals surface area contributed by atoms with Crippen LogP contribution in [-0.2, 0) is 6.42 Å². The average Bonchev–Trinajstić information content (AvgIpc) is 2.43. The van der Waals surface area contributed by atoms with E-state index in [9.17, 15) is 0 Å². The van der Waals surface area contributed by atoms with Gasteiger partial charge in [-0.25, -0.2) is 0 Å². The van der Waals surface area contributed by atoms with Crippen molar-refractivity contribution in [2.75, 3.05) is 6.54 Å². The predicted octanol–water partition coefficient (Wildman–Crippen LogP) is 5.73. The molecular weight excluding hydrogens is 289 g/mol. The van der Waals surface area contributed by atoms with Crippen LogP contribution in [0.1, 0.15) is 52.0 Å². The second kappa shape index (κ2) is 9.65. The van der Waals surface area contributed by atoms with Gasteiger partial charge < -0.3 is 5.32 Å². The van der Waals surface area contributed by atoms with Gasteiger partial charge in [-0.3, -0.25) is 0 Å². The molecule has 1 N–H and O–H groups in total. The van der Waals surface area contributed by atoms with Crippen LogP contribution in [0.3, 0.4) is 0 Å². The Hall–Kier alpha value is -0.240. The molecule has 3 heteroatoms. The first-order valence-corrected chi connectivity index (χ1v) is 8.55.